The van der Waals surface area contributed by atoms with Crippen LogP contribution in [0.4, 0.5) is 4.39 Å². The first kappa shape index (κ1) is 21.7. The SMILES string of the molecule is C[C@@]12CCN(C(=O)Cc3c[nH]c4ccccc34)[C@@H]1CCCCC(=O)N2Cc1ccc(F)cc1. The first-order chi connectivity index (χ1) is 16.0. The van der Waals surface area contributed by atoms with Crippen molar-refractivity contribution in [3.05, 3.63) is 71.7 Å². The molecule has 6 heteroatoms. The molecule has 0 unspecified atom stereocenters. The van der Waals surface area contributed by atoms with Gasteiger partial charge in [-0.15, -0.1) is 0 Å². The van der Waals surface area contributed by atoms with Gasteiger partial charge in [0, 0.05) is 36.6 Å². The number of likely N-dealkylation sites (tertiary alicyclic amines) is 2. The van der Waals surface area contributed by atoms with Crippen molar-refractivity contribution in [2.75, 3.05) is 6.54 Å². The highest BCUT2D eigenvalue weighted by molar-refractivity contribution is 5.89. The maximum absolute atomic E-state index is 13.5. The molecule has 0 aliphatic carbocycles. The molecule has 1 aromatic heterocycles. The van der Waals surface area contributed by atoms with Gasteiger partial charge < -0.3 is 14.8 Å². The van der Waals surface area contributed by atoms with Crippen LogP contribution in [0.25, 0.3) is 10.9 Å². The number of fused-ring (bicyclic) bond motifs is 2. The van der Waals surface area contributed by atoms with Gasteiger partial charge in [-0.3, -0.25) is 9.59 Å². The largest absolute Gasteiger partial charge is 0.361 e. The molecule has 2 aliphatic heterocycles. The van der Waals surface area contributed by atoms with Crippen LogP contribution in [0.15, 0.2) is 54.7 Å². The summed E-state index contributed by atoms with van der Waals surface area (Å²) in [6.07, 6.45) is 6.21. The van der Waals surface area contributed by atoms with Gasteiger partial charge in [-0.25, -0.2) is 4.39 Å². The normalized spacial score (nSPS) is 23.5. The van der Waals surface area contributed by atoms with Crippen LogP contribution in [-0.4, -0.2) is 44.7 Å². The monoisotopic (exact) mass is 447 g/mol. The number of para-hydroxylation sites is 1. The maximum Gasteiger partial charge on any atom is 0.227 e. The van der Waals surface area contributed by atoms with Gasteiger partial charge in [-0.05, 0) is 55.5 Å². The molecule has 2 aromatic carbocycles. The summed E-state index contributed by atoms with van der Waals surface area (Å²) in [6, 6.07) is 14.4. The summed E-state index contributed by atoms with van der Waals surface area (Å²) in [5.74, 6) is -0.0440. The van der Waals surface area contributed by atoms with E-state index in [4.69, 9.17) is 0 Å². The number of hydrogen-bond donors (Lipinski definition) is 1. The van der Waals surface area contributed by atoms with Crippen molar-refractivity contribution in [2.45, 2.75) is 63.6 Å². The summed E-state index contributed by atoms with van der Waals surface area (Å²) in [5, 5.41) is 1.08. The number of nitrogens with one attached hydrogen (secondary N) is 1. The molecule has 2 aliphatic rings. The van der Waals surface area contributed by atoms with Crippen molar-refractivity contribution in [1.29, 1.82) is 0 Å². The minimum absolute atomic E-state index is 0.0140. The Morgan fingerprint density at radius 2 is 1.94 bits per heavy atom. The second-order valence-corrected chi connectivity index (χ2v) is 9.60. The van der Waals surface area contributed by atoms with E-state index >= 15 is 0 Å². The van der Waals surface area contributed by atoms with Crippen molar-refractivity contribution >= 4 is 22.7 Å². The molecule has 2 atom stereocenters. The van der Waals surface area contributed by atoms with Crippen LogP contribution >= 0.6 is 0 Å². The Morgan fingerprint density at radius 1 is 1.15 bits per heavy atom. The first-order valence-electron chi connectivity index (χ1n) is 11.8. The third kappa shape index (κ3) is 4.03. The van der Waals surface area contributed by atoms with Crippen molar-refractivity contribution in [3.63, 3.8) is 0 Å². The number of rotatable bonds is 4. The molecule has 172 valence electrons. The van der Waals surface area contributed by atoms with E-state index in [1.165, 1.54) is 12.1 Å². The number of carbonyl (C=O) groups is 2. The Kier molecular flexibility index (Phi) is 5.69. The lowest BCUT2D eigenvalue weighted by Gasteiger charge is -2.45. The molecule has 5 rings (SSSR count). The summed E-state index contributed by atoms with van der Waals surface area (Å²) in [5.41, 5.74) is 2.53. The number of benzene rings is 2. The number of hydrogen-bond acceptors (Lipinski definition) is 2. The zero-order valence-corrected chi connectivity index (χ0v) is 19.0. The third-order valence-electron chi connectivity index (χ3n) is 7.58. The molecule has 0 radical (unpaired) electrons. The van der Waals surface area contributed by atoms with Crippen LogP contribution in [-0.2, 0) is 22.6 Å². The Hall–Kier alpha value is -3.15. The predicted octanol–water partition coefficient (Wildman–Crippen LogP) is 4.81. The van der Waals surface area contributed by atoms with Gasteiger partial charge >= 0.3 is 0 Å². The zero-order chi connectivity index (χ0) is 23.0. The highest BCUT2D eigenvalue weighted by Crippen LogP contribution is 2.40. The number of H-pyrrole nitrogens is 1. The lowest BCUT2D eigenvalue weighted by atomic mass is 9.84. The average molecular weight is 448 g/mol. The van der Waals surface area contributed by atoms with E-state index in [1.54, 1.807) is 12.1 Å². The molecule has 2 amide bonds. The fourth-order valence-corrected chi connectivity index (χ4v) is 5.70. The molecule has 1 N–H and O–H groups in total. The molecule has 3 heterocycles. The van der Waals surface area contributed by atoms with Gasteiger partial charge in [-0.1, -0.05) is 36.8 Å². The van der Waals surface area contributed by atoms with E-state index in [2.05, 4.69) is 11.9 Å². The van der Waals surface area contributed by atoms with Crippen molar-refractivity contribution in [2.24, 2.45) is 0 Å². The molecule has 5 nitrogen and oxygen atoms in total. The summed E-state index contributed by atoms with van der Waals surface area (Å²) in [7, 11) is 0. The second kappa shape index (κ2) is 8.65. The standard InChI is InChI=1S/C27H30FN3O2/c1-27-14-15-30(26(33)16-20-17-29-23-7-3-2-6-22(20)23)24(27)8-4-5-9-25(32)31(27)18-19-10-12-21(28)13-11-19/h2-3,6-7,10-13,17,24,29H,4-5,8-9,14-16,18H2,1H3/t24-,27-/m1/s1. The van der Waals surface area contributed by atoms with Gasteiger partial charge in [0.25, 0.3) is 0 Å². The van der Waals surface area contributed by atoms with E-state index in [1.807, 2.05) is 40.3 Å². The Morgan fingerprint density at radius 3 is 2.76 bits per heavy atom. The number of aromatic nitrogens is 1. The van der Waals surface area contributed by atoms with Gasteiger partial charge in [0.1, 0.15) is 5.82 Å². The first-order valence-corrected chi connectivity index (χ1v) is 11.8. The van der Waals surface area contributed by atoms with Gasteiger partial charge in [0.2, 0.25) is 11.8 Å². The topological polar surface area (TPSA) is 56.4 Å². The smallest absolute Gasteiger partial charge is 0.227 e. The summed E-state index contributed by atoms with van der Waals surface area (Å²) >= 11 is 0. The quantitative estimate of drug-likeness (QED) is 0.624. The third-order valence-corrected chi connectivity index (χ3v) is 7.58. The number of aromatic amines is 1. The van der Waals surface area contributed by atoms with Crippen molar-refractivity contribution < 1.29 is 14.0 Å². The van der Waals surface area contributed by atoms with E-state index < -0.39 is 5.54 Å². The molecule has 33 heavy (non-hydrogen) atoms. The Balaban J connectivity index is 1.40. The number of carbonyl (C=O) groups excluding carboxylic acids is 2. The van der Waals surface area contributed by atoms with E-state index in [-0.39, 0.29) is 23.7 Å². The van der Waals surface area contributed by atoms with Crippen LogP contribution in [0.1, 0.15) is 50.2 Å². The molecular weight excluding hydrogens is 417 g/mol. The zero-order valence-electron chi connectivity index (χ0n) is 19.0. The van der Waals surface area contributed by atoms with Gasteiger partial charge in [-0.2, -0.15) is 0 Å². The lowest BCUT2D eigenvalue weighted by Crippen LogP contribution is -2.58. The highest BCUT2D eigenvalue weighted by Gasteiger charge is 2.50. The van der Waals surface area contributed by atoms with E-state index in [0.717, 1.165) is 47.7 Å². The van der Waals surface area contributed by atoms with Crippen molar-refractivity contribution in [1.82, 2.24) is 14.8 Å². The second-order valence-electron chi connectivity index (χ2n) is 9.60. The molecule has 0 spiro atoms. The summed E-state index contributed by atoms with van der Waals surface area (Å²) in [4.78, 5) is 33.9. The van der Waals surface area contributed by atoms with E-state index in [9.17, 15) is 14.0 Å². The minimum Gasteiger partial charge on any atom is -0.361 e. The molecule has 2 fully saturated rings. The van der Waals surface area contributed by atoms with E-state index in [0.29, 0.717) is 25.9 Å². The number of halogens is 1. The van der Waals surface area contributed by atoms with Crippen LogP contribution in [0.3, 0.4) is 0 Å². The van der Waals surface area contributed by atoms with Crippen molar-refractivity contribution in [3.8, 4) is 0 Å². The maximum atomic E-state index is 13.5. The molecule has 3 aromatic rings. The van der Waals surface area contributed by atoms with Crippen LogP contribution in [0.2, 0.25) is 0 Å². The van der Waals surface area contributed by atoms with Crippen LogP contribution < -0.4 is 0 Å². The molecular formula is C27H30FN3O2. The molecule has 0 saturated carbocycles. The molecule has 0 bridgehead atoms. The average Bonchev–Trinajstić information content (AvgIpc) is 3.36. The fourth-order valence-electron chi connectivity index (χ4n) is 5.70. The summed E-state index contributed by atoms with van der Waals surface area (Å²) in [6.45, 7) is 3.22. The summed E-state index contributed by atoms with van der Waals surface area (Å²) < 4.78 is 13.4. The highest BCUT2D eigenvalue weighted by atomic mass is 19.1. The van der Waals surface area contributed by atoms with Crippen LogP contribution in [0, 0.1) is 5.82 Å². The Bertz CT molecular complexity index is 1170. The fraction of sp³-hybridized carbons (Fsp3) is 0.407. The number of nitrogens with zero attached hydrogens (tertiary/aromatic N) is 2. The minimum atomic E-state index is -0.429. The number of amides is 2. The molecule has 2 saturated heterocycles. The predicted molar refractivity (Wildman–Crippen MR) is 126 cm³/mol. The van der Waals surface area contributed by atoms with Crippen LogP contribution in [0.5, 0.6) is 0 Å². The van der Waals surface area contributed by atoms with Gasteiger partial charge in [0.15, 0.2) is 0 Å². The lowest BCUT2D eigenvalue weighted by molar-refractivity contribution is -0.143. The Labute approximate surface area is 193 Å². The van der Waals surface area contributed by atoms with Gasteiger partial charge in [0.05, 0.1) is 18.0 Å².